The number of aromatic nitrogens is 3. The van der Waals surface area contributed by atoms with Crippen LogP contribution in [0.2, 0.25) is 0 Å². The largest absolute Gasteiger partial charge is 0.454 e. The third-order valence-corrected chi connectivity index (χ3v) is 5.22. The second-order valence-corrected chi connectivity index (χ2v) is 7.35. The molecule has 0 spiro atoms. The lowest BCUT2D eigenvalue weighted by molar-refractivity contribution is 0.0460. The Morgan fingerprint density at radius 3 is 2.65 bits per heavy atom. The van der Waals surface area contributed by atoms with Crippen LogP contribution in [0.15, 0.2) is 59.1 Å². The van der Waals surface area contributed by atoms with Crippen LogP contribution in [0.1, 0.15) is 29.0 Å². The van der Waals surface area contributed by atoms with Gasteiger partial charge in [-0.05, 0) is 49.2 Å². The maximum absolute atomic E-state index is 13.1. The van der Waals surface area contributed by atoms with Gasteiger partial charge in [-0.25, -0.2) is 14.2 Å². The molecule has 1 aliphatic rings. The van der Waals surface area contributed by atoms with Crippen molar-refractivity contribution in [1.82, 2.24) is 15.1 Å². The van der Waals surface area contributed by atoms with E-state index in [1.54, 1.807) is 12.1 Å². The highest BCUT2D eigenvalue weighted by Gasteiger charge is 2.23. The smallest absolute Gasteiger partial charge is 0.342 e. The minimum atomic E-state index is -0.492. The first-order chi connectivity index (χ1) is 15.2. The zero-order chi connectivity index (χ0) is 21.2. The van der Waals surface area contributed by atoms with Crippen LogP contribution in [-0.4, -0.2) is 34.2 Å². The summed E-state index contributed by atoms with van der Waals surface area (Å²) in [4.78, 5) is 24.0. The molecule has 0 radical (unpaired) electrons. The first-order valence-electron chi connectivity index (χ1n) is 10.1. The Morgan fingerprint density at radius 2 is 1.84 bits per heavy atom. The number of carbonyl (C=O) groups is 1. The van der Waals surface area contributed by atoms with E-state index in [9.17, 15) is 9.18 Å². The van der Waals surface area contributed by atoms with Crippen LogP contribution < -0.4 is 4.90 Å². The Hall–Kier alpha value is -3.81. The molecule has 0 saturated carbocycles. The molecule has 1 fully saturated rings. The topological polar surface area (TPSA) is 81.3 Å². The van der Waals surface area contributed by atoms with Crippen LogP contribution in [-0.2, 0) is 11.3 Å². The van der Waals surface area contributed by atoms with E-state index in [1.807, 2.05) is 30.3 Å². The normalized spacial score (nSPS) is 13.6. The average molecular weight is 418 g/mol. The van der Waals surface area contributed by atoms with Gasteiger partial charge in [0, 0.05) is 24.0 Å². The maximum atomic E-state index is 13.1. The molecule has 2 aromatic heterocycles. The Morgan fingerprint density at radius 1 is 1.06 bits per heavy atom. The number of benzene rings is 2. The number of rotatable bonds is 5. The Balaban J connectivity index is 1.37. The van der Waals surface area contributed by atoms with Gasteiger partial charge in [0.2, 0.25) is 5.82 Å². The summed E-state index contributed by atoms with van der Waals surface area (Å²) in [5.41, 5.74) is 1.84. The van der Waals surface area contributed by atoms with Gasteiger partial charge in [0.1, 0.15) is 17.2 Å². The summed E-state index contributed by atoms with van der Waals surface area (Å²) in [7, 11) is 0. The number of esters is 1. The number of nitrogens with zero attached hydrogens (tertiary/aromatic N) is 4. The number of halogens is 1. The van der Waals surface area contributed by atoms with E-state index in [1.165, 1.54) is 12.1 Å². The van der Waals surface area contributed by atoms with Crippen molar-refractivity contribution >= 4 is 22.7 Å². The fraction of sp³-hybridized carbons (Fsp3) is 0.217. The molecule has 0 amide bonds. The molecule has 0 atom stereocenters. The second-order valence-electron chi connectivity index (χ2n) is 7.35. The van der Waals surface area contributed by atoms with Gasteiger partial charge in [-0.1, -0.05) is 23.4 Å². The van der Waals surface area contributed by atoms with Gasteiger partial charge in [0.15, 0.2) is 6.61 Å². The lowest BCUT2D eigenvalue weighted by Crippen LogP contribution is -2.23. The molecule has 4 aromatic rings. The van der Waals surface area contributed by atoms with Gasteiger partial charge in [0.05, 0.1) is 5.52 Å². The summed E-state index contributed by atoms with van der Waals surface area (Å²) in [6, 6.07) is 15.2. The van der Waals surface area contributed by atoms with Gasteiger partial charge in [-0.15, -0.1) is 0 Å². The van der Waals surface area contributed by atoms with Crippen molar-refractivity contribution in [2.24, 2.45) is 0 Å². The summed E-state index contributed by atoms with van der Waals surface area (Å²) in [6.07, 6.45) is 2.13. The average Bonchev–Trinajstić information content (AvgIpc) is 3.49. The molecule has 1 aliphatic heterocycles. The number of hydrogen-bond donors (Lipinski definition) is 0. The SMILES string of the molecule is O=C(OCc1noc(-c2ccc(F)cc2)n1)c1cc2ccccc2nc1N1CCCC1. The van der Waals surface area contributed by atoms with Crippen molar-refractivity contribution in [3.8, 4) is 11.5 Å². The summed E-state index contributed by atoms with van der Waals surface area (Å²) < 4.78 is 23.8. The first kappa shape index (κ1) is 19.2. The Kier molecular flexibility index (Phi) is 5.03. The fourth-order valence-corrected chi connectivity index (χ4v) is 3.66. The molecule has 0 bridgehead atoms. The van der Waals surface area contributed by atoms with Gasteiger partial charge in [-0.2, -0.15) is 4.98 Å². The molecule has 31 heavy (non-hydrogen) atoms. The molecular formula is C23H19FN4O3. The van der Waals surface area contributed by atoms with Gasteiger partial charge < -0.3 is 14.2 Å². The highest BCUT2D eigenvalue weighted by atomic mass is 19.1. The van der Waals surface area contributed by atoms with E-state index in [0.717, 1.165) is 36.8 Å². The minimum absolute atomic E-state index is 0.143. The molecule has 7 nitrogen and oxygen atoms in total. The van der Waals surface area contributed by atoms with Crippen LogP contribution in [0.3, 0.4) is 0 Å². The standard InChI is InChI=1S/C23H19FN4O3/c24-17-9-7-15(8-10-17)22-26-20(27-31-22)14-30-23(29)18-13-16-5-1-2-6-19(16)25-21(18)28-11-3-4-12-28/h1-2,5-10,13H,3-4,11-12,14H2. The molecule has 5 rings (SSSR count). The predicted molar refractivity (Wildman–Crippen MR) is 112 cm³/mol. The molecule has 156 valence electrons. The first-order valence-corrected chi connectivity index (χ1v) is 10.1. The summed E-state index contributed by atoms with van der Waals surface area (Å²) >= 11 is 0. The number of ether oxygens (including phenoxy) is 1. The zero-order valence-electron chi connectivity index (χ0n) is 16.6. The van der Waals surface area contributed by atoms with E-state index >= 15 is 0 Å². The van der Waals surface area contributed by atoms with Crippen LogP contribution in [0.5, 0.6) is 0 Å². The highest BCUT2D eigenvalue weighted by molar-refractivity contribution is 5.99. The number of pyridine rings is 1. The lowest BCUT2D eigenvalue weighted by Gasteiger charge is -2.20. The lowest BCUT2D eigenvalue weighted by atomic mass is 10.1. The van der Waals surface area contributed by atoms with E-state index in [4.69, 9.17) is 14.2 Å². The zero-order valence-corrected chi connectivity index (χ0v) is 16.6. The molecule has 0 aliphatic carbocycles. The third kappa shape index (κ3) is 3.96. The van der Waals surface area contributed by atoms with Crippen molar-refractivity contribution < 1.29 is 18.4 Å². The molecule has 8 heteroatoms. The molecule has 3 heterocycles. The molecular weight excluding hydrogens is 399 g/mol. The number of hydrogen-bond acceptors (Lipinski definition) is 7. The molecule has 0 unspecified atom stereocenters. The maximum Gasteiger partial charge on any atom is 0.342 e. The molecule has 1 saturated heterocycles. The highest BCUT2D eigenvalue weighted by Crippen LogP contribution is 2.27. The molecule has 2 aromatic carbocycles. The number of carbonyl (C=O) groups excluding carboxylic acids is 1. The van der Waals surface area contributed by atoms with Crippen LogP contribution >= 0.6 is 0 Å². The Bertz CT molecular complexity index is 1230. The summed E-state index contributed by atoms with van der Waals surface area (Å²) in [5, 5.41) is 4.72. The van der Waals surface area contributed by atoms with Crippen molar-refractivity contribution in [2.75, 3.05) is 18.0 Å². The van der Waals surface area contributed by atoms with Gasteiger partial charge in [0.25, 0.3) is 5.89 Å². The van der Waals surface area contributed by atoms with Crippen molar-refractivity contribution in [1.29, 1.82) is 0 Å². The van der Waals surface area contributed by atoms with Crippen molar-refractivity contribution in [3.05, 3.63) is 71.8 Å². The van der Waals surface area contributed by atoms with E-state index in [-0.39, 0.29) is 24.1 Å². The predicted octanol–water partition coefficient (Wildman–Crippen LogP) is 4.38. The van der Waals surface area contributed by atoms with E-state index < -0.39 is 5.97 Å². The summed E-state index contributed by atoms with van der Waals surface area (Å²) in [5.74, 6) is 0.255. The van der Waals surface area contributed by atoms with E-state index in [2.05, 4.69) is 15.0 Å². The summed E-state index contributed by atoms with van der Waals surface area (Å²) in [6.45, 7) is 1.57. The van der Waals surface area contributed by atoms with Gasteiger partial charge in [-0.3, -0.25) is 0 Å². The van der Waals surface area contributed by atoms with Crippen molar-refractivity contribution in [2.45, 2.75) is 19.4 Å². The van der Waals surface area contributed by atoms with Crippen LogP contribution in [0, 0.1) is 5.82 Å². The number of anilines is 1. The van der Waals surface area contributed by atoms with Crippen LogP contribution in [0.4, 0.5) is 10.2 Å². The van der Waals surface area contributed by atoms with Crippen LogP contribution in [0.25, 0.3) is 22.4 Å². The van der Waals surface area contributed by atoms with Crippen molar-refractivity contribution in [3.63, 3.8) is 0 Å². The fourth-order valence-electron chi connectivity index (χ4n) is 3.66. The Labute approximate surface area is 177 Å². The quantitative estimate of drug-likeness (QED) is 0.445. The second kappa shape index (κ2) is 8.14. The van der Waals surface area contributed by atoms with E-state index in [0.29, 0.717) is 16.9 Å². The monoisotopic (exact) mass is 418 g/mol. The number of para-hydroxylation sites is 1. The number of fused-ring (bicyclic) bond motifs is 1. The minimum Gasteiger partial charge on any atom is -0.454 e. The molecule has 0 N–H and O–H groups in total. The third-order valence-electron chi connectivity index (χ3n) is 5.22. The van der Waals surface area contributed by atoms with Gasteiger partial charge >= 0.3 is 5.97 Å².